The molecule has 0 radical (unpaired) electrons. The van der Waals surface area contributed by atoms with Gasteiger partial charge < -0.3 is 14.8 Å². The van der Waals surface area contributed by atoms with Gasteiger partial charge in [-0.2, -0.15) is 0 Å². The van der Waals surface area contributed by atoms with Gasteiger partial charge in [0.25, 0.3) is 0 Å². The summed E-state index contributed by atoms with van der Waals surface area (Å²) in [5.41, 5.74) is 2.10. The molecule has 1 aliphatic heterocycles. The van der Waals surface area contributed by atoms with E-state index in [0.29, 0.717) is 13.2 Å². The largest absolute Gasteiger partial charge is 0.492 e. The molecule has 1 N–H and O–H groups in total. The Bertz CT molecular complexity index is 730. The first-order chi connectivity index (χ1) is 13.8. The molecule has 2 aromatic carbocycles. The molecule has 1 unspecified atom stereocenters. The highest BCUT2D eigenvalue weighted by atomic mass is 16.5. The lowest BCUT2D eigenvalue weighted by Crippen LogP contribution is -2.38. The van der Waals surface area contributed by atoms with E-state index in [2.05, 4.69) is 10.2 Å². The van der Waals surface area contributed by atoms with E-state index in [-0.39, 0.29) is 11.8 Å². The van der Waals surface area contributed by atoms with Crippen molar-refractivity contribution >= 4 is 5.91 Å². The summed E-state index contributed by atoms with van der Waals surface area (Å²) in [6, 6.07) is 17.9. The van der Waals surface area contributed by atoms with Crippen LogP contribution in [0.5, 0.6) is 5.75 Å². The fraction of sp³-hybridized carbons (Fsp3) is 0.435. The van der Waals surface area contributed by atoms with E-state index in [0.717, 1.165) is 56.1 Å². The van der Waals surface area contributed by atoms with E-state index in [1.54, 1.807) is 0 Å². The van der Waals surface area contributed by atoms with E-state index in [1.807, 2.05) is 61.5 Å². The van der Waals surface area contributed by atoms with Gasteiger partial charge in [-0.1, -0.05) is 49.4 Å². The van der Waals surface area contributed by atoms with Crippen molar-refractivity contribution in [3.8, 4) is 5.75 Å². The number of carbonyl (C=O) groups is 1. The smallest absolute Gasteiger partial charge is 0.227 e. The molecule has 0 spiro atoms. The number of benzene rings is 2. The summed E-state index contributed by atoms with van der Waals surface area (Å²) in [7, 11) is 0. The standard InChI is InChI=1S/C23H30N2O3/c1-2-22(20-8-4-3-5-9-20)23(26)24-18-19-7-6-10-21(17-19)28-16-13-25-11-14-27-15-12-25/h3-10,17,22H,2,11-16,18H2,1H3,(H,24,26). The lowest BCUT2D eigenvalue weighted by Gasteiger charge is -2.26. The van der Waals surface area contributed by atoms with E-state index in [9.17, 15) is 4.79 Å². The van der Waals surface area contributed by atoms with Crippen LogP contribution in [0.15, 0.2) is 54.6 Å². The highest BCUT2D eigenvalue weighted by Gasteiger charge is 2.18. The fourth-order valence-corrected chi connectivity index (χ4v) is 3.43. The van der Waals surface area contributed by atoms with Crippen molar-refractivity contribution in [3.05, 3.63) is 65.7 Å². The molecule has 150 valence electrons. The van der Waals surface area contributed by atoms with Crippen LogP contribution in [0.1, 0.15) is 30.4 Å². The fourth-order valence-electron chi connectivity index (χ4n) is 3.43. The molecule has 5 heteroatoms. The van der Waals surface area contributed by atoms with Crippen molar-refractivity contribution in [1.29, 1.82) is 0 Å². The lowest BCUT2D eigenvalue weighted by molar-refractivity contribution is -0.122. The second-order valence-electron chi connectivity index (χ2n) is 7.04. The summed E-state index contributed by atoms with van der Waals surface area (Å²) in [5.74, 6) is 0.789. The molecule has 1 aliphatic rings. The van der Waals surface area contributed by atoms with Crippen LogP contribution in [0.25, 0.3) is 0 Å². The van der Waals surface area contributed by atoms with Crippen LogP contribution < -0.4 is 10.1 Å². The minimum atomic E-state index is -0.117. The molecule has 1 fully saturated rings. The SMILES string of the molecule is CCC(C(=O)NCc1cccc(OCCN2CCOCC2)c1)c1ccccc1. The first-order valence-electron chi connectivity index (χ1n) is 10.1. The maximum atomic E-state index is 12.6. The molecule has 0 aromatic heterocycles. The minimum Gasteiger partial charge on any atom is -0.492 e. The van der Waals surface area contributed by atoms with Gasteiger partial charge >= 0.3 is 0 Å². The van der Waals surface area contributed by atoms with E-state index < -0.39 is 0 Å². The molecule has 0 aliphatic carbocycles. The number of nitrogens with zero attached hydrogens (tertiary/aromatic N) is 1. The molecule has 28 heavy (non-hydrogen) atoms. The number of morpholine rings is 1. The number of rotatable bonds is 9. The molecule has 1 saturated heterocycles. The highest BCUT2D eigenvalue weighted by Crippen LogP contribution is 2.20. The third-order valence-electron chi connectivity index (χ3n) is 5.07. The Hall–Kier alpha value is -2.37. The number of nitrogens with one attached hydrogen (secondary N) is 1. The van der Waals surface area contributed by atoms with Gasteiger partial charge in [0.2, 0.25) is 5.91 Å². The molecule has 0 bridgehead atoms. The number of hydrogen-bond acceptors (Lipinski definition) is 4. The van der Waals surface area contributed by atoms with Gasteiger partial charge in [-0.25, -0.2) is 0 Å². The van der Waals surface area contributed by atoms with Crippen molar-refractivity contribution in [2.24, 2.45) is 0 Å². The molecule has 0 saturated carbocycles. The third kappa shape index (κ3) is 6.08. The summed E-state index contributed by atoms with van der Waals surface area (Å²) in [5, 5.41) is 3.07. The Labute approximate surface area is 167 Å². The maximum absolute atomic E-state index is 12.6. The Morgan fingerprint density at radius 3 is 2.68 bits per heavy atom. The predicted octanol–water partition coefficient (Wildman–Crippen LogP) is 3.21. The third-order valence-corrected chi connectivity index (χ3v) is 5.07. The molecule has 3 rings (SSSR count). The van der Waals surface area contributed by atoms with Crippen LogP contribution in [0.2, 0.25) is 0 Å². The van der Waals surface area contributed by atoms with Gasteiger partial charge in [0, 0.05) is 26.2 Å². The number of amides is 1. The molecule has 5 nitrogen and oxygen atoms in total. The van der Waals surface area contributed by atoms with Crippen LogP contribution in [-0.2, 0) is 16.1 Å². The summed E-state index contributed by atoms with van der Waals surface area (Å²) >= 11 is 0. The van der Waals surface area contributed by atoms with Crippen molar-refractivity contribution in [2.45, 2.75) is 25.8 Å². The molecule has 2 aromatic rings. The zero-order valence-electron chi connectivity index (χ0n) is 16.6. The van der Waals surface area contributed by atoms with Gasteiger partial charge in [-0.3, -0.25) is 9.69 Å². The van der Waals surface area contributed by atoms with Crippen molar-refractivity contribution in [2.75, 3.05) is 39.5 Å². The summed E-state index contributed by atoms with van der Waals surface area (Å²) in [6.45, 7) is 7.64. The van der Waals surface area contributed by atoms with Gasteiger partial charge in [0.15, 0.2) is 0 Å². The second-order valence-corrected chi connectivity index (χ2v) is 7.04. The van der Waals surface area contributed by atoms with E-state index in [4.69, 9.17) is 9.47 Å². The van der Waals surface area contributed by atoms with Gasteiger partial charge in [0.05, 0.1) is 19.1 Å². The predicted molar refractivity (Wildman–Crippen MR) is 111 cm³/mol. The first kappa shape index (κ1) is 20.4. The molecule has 1 heterocycles. The Balaban J connectivity index is 1.47. The average molecular weight is 383 g/mol. The van der Waals surface area contributed by atoms with Crippen LogP contribution in [0, 0.1) is 0 Å². The molecule has 1 atom stereocenters. The first-order valence-corrected chi connectivity index (χ1v) is 10.1. The van der Waals surface area contributed by atoms with Gasteiger partial charge in [0.1, 0.15) is 12.4 Å². The summed E-state index contributed by atoms with van der Waals surface area (Å²) < 4.78 is 11.3. The Morgan fingerprint density at radius 2 is 1.93 bits per heavy atom. The number of hydrogen-bond donors (Lipinski definition) is 1. The van der Waals surface area contributed by atoms with Gasteiger partial charge in [-0.15, -0.1) is 0 Å². The zero-order chi connectivity index (χ0) is 19.6. The minimum absolute atomic E-state index is 0.0624. The van der Waals surface area contributed by atoms with Crippen molar-refractivity contribution < 1.29 is 14.3 Å². The van der Waals surface area contributed by atoms with Crippen LogP contribution in [-0.4, -0.2) is 50.3 Å². The quantitative estimate of drug-likeness (QED) is 0.724. The van der Waals surface area contributed by atoms with Crippen molar-refractivity contribution in [3.63, 3.8) is 0 Å². The number of ether oxygens (including phenoxy) is 2. The normalized spacial score (nSPS) is 15.8. The van der Waals surface area contributed by atoms with E-state index >= 15 is 0 Å². The van der Waals surface area contributed by atoms with Crippen LogP contribution in [0.3, 0.4) is 0 Å². The molecular formula is C23H30N2O3. The topological polar surface area (TPSA) is 50.8 Å². The Kier molecular flexibility index (Phi) is 7.88. The van der Waals surface area contributed by atoms with Crippen LogP contribution in [0.4, 0.5) is 0 Å². The maximum Gasteiger partial charge on any atom is 0.227 e. The monoisotopic (exact) mass is 382 g/mol. The zero-order valence-corrected chi connectivity index (χ0v) is 16.6. The highest BCUT2D eigenvalue weighted by molar-refractivity contribution is 5.83. The van der Waals surface area contributed by atoms with Gasteiger partial charge in [-0.05, 0) is 29.7 Å². The summed E-state index contributed by atoms with van der Waals surface area (Å²) in [6.07, 6.45) is 0.778. The van der Waals surface area contributed by atoms with Crippen LogP contribution >= 0.6 is 0 Å². The van der Waals surface area contributed by atoms with Crippen molar-refractivity contribution in [1.82, 2.24) is 10.2 Å². The number of carbonyl (C=O) groups excluding carboxylic acids is 1. The molecular weight excluding hydrogens is 352 g/mol. The summed E-state index contributed by atoms with van der Waals surface area (Å²) in [4.78, 5) is 15.0. The van der Waals surface area contributed by atoms with E-state index in [1.165, 1.54) is 0 Å². The Morgan fingerprint density at radius 1 is 1.14 bits per heavy atom. The second kappa shape index (κ2) is 10.8. The average Bonchev–Trinajstić information content (AvgIpc) is 2.75. The molecule has 1 amide bonds. The lowest BCUT2D eigenvalue weighted by atomic mass is 9.95.